The first-order valence-corrected chi connectivity index (χ1v) is 36.3. The fraction of sp³-hybridized carbons (Fsp3) is 0.453. The van der Waals surface area contributed by atoms with Crippen LogP contribution in [0.2, 0.25) is 5.02 Å². The Balaban J connectivity index is 1.17. The van der Waals surface area contributed by atoms with Crippen molar-refractivity contribution < 1.29 is 111 Å². The number of H-pyrrole nitrogens is 1. The highest BCUT2D eigenvalue weighted by atomic mass is 35.5. The molecule has 0 saturated carbocycles. The zero-order chi connectivity index (χ0) is 83.6. The Morgan fingerprint density at radius 2 is 1.36 bits per heavy atom. The molecule has 0 aliphatic carbocycles. The molecule has 1 aliphatic rings. The van der Waals surface area contributed by atoms with Crippen molar-refractivity contribution in [3.63, 3.8) is 0 Å². The molecule has 12 atom stereocenters. The van der Waals surface area contributed by atoms with Gasteiger partial charge >= 0.3 is 18.0 Å². The number of aromatic nitrogens is 2. The van der Waals surface area contributed by atoms with Crippen LogP contribution in [0.5, 0.6) is 11.5 Å². The molecular weight excluding hydrogens is 1500 g/mol. The van der Waals surface area contributed by atoms with Gasteiger partial charge in [0.25, 0.3) is 0 Å². The van der Waals surface area contributed by atoms with E-state index in [0.717, 1.165) is 50.6 Å². The molecule has 0 spiro atoms. The number of likely N-dealkylation sites (tertiary alicyclic amines) is 1. The topological polar surface area (TPSA) is 546 Å². The van der Waals surface area contributed by atoms with Crippen molar-refractivity contribution >= 4 is 94.6 Å². The molecule has 36 nitrogen and oxygen atoms in total. The quantitative estimate of drug-likeness (QED) is 0.0230. The summed E-state index contributed by atoms with van der Waals surface area (Å²) in [7, 11) is 2.61. The fourth-order valence-electron chi connectivity index (χ4n) is 12.3. The number of carboxylic acids is 2. The van der Waals surface area contributed by atoms with Crippen LogP contribution in [-0.2, 0) is 92.7 Å². The molecule has 12 amide bonds. The van der Waals surface area contributed by atoms with Crippen molar-refractivity contribution in [2.75, 3.05) is 40.5 Å². The molecule has 1 aromatic heterocycles. The average molecular weight is 1600 g/mol. The van der Waals surface area contributed by atoms with Crippen LogP contribution >= 0.6 is 11.6 Å². The zero-order valence-corrected chi connectivity index (χ0v) is 64.1. The number of amides is 12. The lowest BCUT2D eigenvalue weighted by molar-refractivity contribution is -0.146. The highest BCUT2D eigenvalue weighted by molar-refractivity contribution is 6.30. The maximum atomic E-state index is 15.5. The number of imidazole rings is 1. The number of nitrogens with two attached hydrogens (primary N) is 1. The van der Waals surface area contributed by atoms with Gasteiger partial charge in [-0.3, -0.25) is 62.3 Å². The van der Waals surface area contributed by atoms with Crippen molar-refractivity contribution in [2.24, 2.45) is 5.73 Å². The minimum absolute atomic E-state index is 0.0109. The van der Waals surface area contributed by atoms with Gasteiger partial charge in [0.2, 0.25) is 65.0 Å². The highest BCUT2D eigenvalue weighted by Gasteiger charge is 2.49. The van der Waals surface area contributed by atoms with Gasteiger partial charge in [-0.2, -0.15) is 0 Å². The number of methoxy groups -OCH3 is 2. The summed E-state index contributed by atoms with van der Waals surface area (Å²) in [5, 5.41) is 75.8. The third-order valence-electron chi connectivity index (χ3n) is 18.7. The summed E-state index contributed by atoms with van der Waals surface area (Å²) in [6, 6.07) is 7.61. The first-order chi connectivity index (χ1) is 53.4. The average Bonchev–Trinajstić information content (AvgIpc) is 1.60. The lowest BCUT2D eigenvalue weighted by Crippen LogP contribution is -2.67. The SMILES string of the molecule is CCc1cc(OC)ccc1-c1ccc(C[C@H](NC(=O)[C@H](CC(=O)O)NC(=O)[C@H](CO)NC(=O)[C@@H](NC(=O)[C@](C)(Cc2ccccc2F)NC(=O)[C@@H](NC(=O)CNC(=O)[C@H](CCC(=O)O)NC(=O)[C@]2(C)CCCN2C(=O)[C@H](Cc2c[nH]cn2)NC(=O)OC)[C@@H](C)O)[C@@H](C)O)C(=O)N[C@@H](CCOc2ccc(Cl)cc2C)C(N)=O)cc1. The number of primary amides is 1. The molecule has 1 aliphatic heterocycles. The van der Waals surface area contributed by atoms with E-state index in [9.17, 15) is 92.7 Å². The molecular formula is C75H96ClFN14O22. The number of aliphatic hydroxyl groups excluding tert-OH is 3. The molecule has 1 fully saturated rings. The summed E-state index contributed by atoms with van der Waals surface area (Å²) in [6.45, 7) is 5.67. The maximum Gasteiger partial charge on any atom is 0.407 e. The Bertz CT molecular complexity index is 4250. The van der Waals surface area contributed by atoms with Gasteiger partial charge in [-0.15, -0.1) is 0 Å². The molecule has 2 heterocycles. The predicted octanol–water partition coefficient (Wildman–Crippen LogP) is -0.685. The second-order valence-electron chi connectivity index (χ2n) is 27.3. The van der Waals surface area contributed by atoms with Crippen molar-refractivity contribution in [3.8, 4) is 22.6 Å². The molecule has 4 aromatic carbocycles. The molecule has 5 aromatic rings. The van der Waals surface area contributed by atoms with Crippen LogP contribution < -0.4 is 68.4 Å². The van der Waals surface area contributed by atoms with Gasteiger partial charge in [0.1, 0.15) is 76.7 Å². The minimum atomic E-state index is -2.45. The zero-order valence-electron chi connectivity index (χ0n) is 63.3. The number of rotatable bonds is 42. The smallest absolute Gasteiger partial charge is 0.407 e. The highest BCUT2D eigenvalue weighted by Crippen LogP contribution is 2.32. The molecule has 612 valence electrons. The van der Waals surface area contributed by atoms with E-state index in [1.165, 1.54) is 49.7 Å². The lowest BCUT2D eigenvalue weighted by Gasteiger charge is -2.37. The van der Waals surface area contributed by atoms with E-state index in [1.807, 2.05) is 19.1 Å². The number of halogens is 2. The van der Waals surface area contributed by atoms with E-state index < -0.39 is 199 Å². The van der Waals surface area contributed by atoms with Crippen LogP contribution in [0, 0.1) is 12.7 Å². The summed E-state index contributed by atoms with van der Waals surface area (Å²) >= 11 is 6.10. The summed E-state index contributed by atoms with van der Waals surface area (Å²) < 4.78 is 31.5. The fourth-order valence-corrected chi connectivity index (χ4v) is 12.6. The van der Waals surface area contributed by atoms with E-state index in [0.29, 0.717) is 39.8 Å². The summed E-state index contributed by atoms with van der Waals surface area (Å²) in [5.74, 6) is -15.8. The Hall–Kier alpha value is -11.8. The number of ether oxygens (including phenoxy) is 3. The number of aromatic amines is 1. The minimum Gasteiger partial charge on any atom is -0.497 e. The normalized spacial score (nSPS) is 16.3. The van der Waals surface area contributed by atoms with Gasteiger partial charge in [-0.1, -0.05) is 67.1 Å². The van der Waals surface area contributed by atoms with Gasteiger partial charge in [0, 0.05) is 49.9 Å². The number of alkyl carbamates (subject to hydrolysis) is 1. The van der Waals surface area contributed by atoms with Crippen molar-refractivity contribution in [2.45, 2.75) is 177 Å². The molecule has 6 rings (SSSR count). The van der Waals surface area contributed by atoms with Gasteiger partial charge < -0.3 is 109 Å². The van der Waals surface area contributed by atoms with E-state index in [1.54, 1.807) is 55.5 Å². The Kier molecular flexibility index (Phi) is 33.5. The number of carbonyl (C=O) groups excluding carboxylic acids is 12. The molecule has 1 saturated heterocycles. The lowest BCUT2D eigenvalue weighted by atomic mass is 9.90. The second-order valence-corrected chi connectivity index (χ2v) is 27.8. The standard InChI is InChI=1S/C75H96ClFN14O22/c1-9-43-31-48(111-7)20-21-49(43)44-17-15-42(16-18-44)30-53(65(102)82-51(63(78)100)25-28-113-57-23-19-46(76)29-39(57)2)83-66(103)54(33-60(98)99)84-67(104)56(37-92)85-68(105)61(40(3)93)89-71(108)74(5,34-45-13-10-11-14-50(45)77)90-69(106)62(41(4)94)88-58(95)36-80-64(101)52(22-24-59(96)97)86-72(109)75(6)26-12-27-91(75)70(107)55(87-73(110)112-8)32-47-35-79-38-81-47/h10-11,13-21,23,29,31,35,38,40-41,51-56,61-62,92-94H,9,12,22,24-28,30,32-34,36-37H2,1-8H3,(H2,78,100)(H,79,81)(H,80,101)(H,82,102)(H,83,103)(H,84,104)(H,85,105)(H,86,109)(H,87,110)(H,88,95)(H,89,108)(H,90,106)(H,96,97)(H,98,99)/t40-,41-,51+,52+,53+,54+,55+,56+,61+,62+,74+,75+/m1/s1. The Labute approximate surface area is 653 Å². The number of benzene rings is 4. The van der Waals surface area contributed by atoms with Crippen molar-refractivity contribution in [1.29, 1.82) is 0 Å². The van der Waals surface area contributed by atoms with E-state index in [2.05, 4.69) is 63.1 Å². The number of hydrogen-bond acceptors (Lipinski definition) is 21. The summed E-state index contributed by atoms with van der Waals surface area (Å²) in [5.41, 5.74) is 5.41. The number of carbonyl (C=O) groups is 14. The monoisotopic (exact) mass is 1600 g/mol. The Morgan fingerprint density at radius 1 is 0.717 bits per heavy atom. The number of aryl methyl sites for hydroxylation is 2. The molecule has 38 heteroatoms. The number of nitrogens with zero attached hydrogens (tertiary/aromatic N) is 2. The third-order valence-corrected chi connectivity index (χ3v) is 18.9. The van der Waals surface area contributed by atoms with Gasteiger partial charge in [0.05, 0.1) is 64.6 Å². The summed E-state index contributed by atoms with van der Waals surface area (Å²) in [4.78, 5) is 199. The van der Waals surface area contributed by atoms with Crippen LogP contribution in [0.4, 0.5) is 9.18 Å². The number of aliphatic carboxylic acids is 2. The van der Waals surface area contributed by atoms with Gasteiger partial charge in [0.15, 0.2) is 0 Å². The van der Waals surface area contributed by atoms with Crippen LogP contribution in [0.1, 0.15) is 101 Å². The van der Waals surface area contributed by atoms with Crippen molar-refractivity contribution in [1.82, 2.24) is 68.0 Å². The number of carboxylic acid groups (broad SMARTS) is 2. The maximum absolute atomic E-state index is 15.5. The molecule has 0 radical (unpaired) electrons. The second kappa shape index (κ2) is 42.0. The molecule has 0 bridgehead atoms. The third kappa shape index (κ3) is 25.9. The van der Waals surface area contributed by atoms with Crippen LogP contribution in [0.15, 0.2) is 97.5 Å². The van der Waals surface area contributed by atoms with Crippen LogP contribution in [0.3, 0.4) is 0 Å². The van der Waals surface area contributed by atoms with Crippen molar-refractivity contribution in [3.05, 3.63) is 136 Å². The van der Waals surface area contributed by atoms with E-state index in [4.69, 9.17) is 31.5 Å². The number of nitrogens with one attached hydrogen (secondary N) is 11. The van der Waals surface area contributed by atoms with Gasteiger partial charge in [-0.05, 0) is 130 Å². The number of hydrogen-bond donors (Lipinski definition) is 17. The molecule has 18 N–H and O–H groups in total. The first-order valence-electron chi connectivity index (χ1n) is 35.9. The van der Waals surface area contributed by atoms with Gasteiger partial charge in [-0.25, -0.2) is 14.2 Å². The van der Waals surface area contributed by atoms with Crippen LogP contribution in [0.25, 0.3) is 11.1 Å². The molecule has 113 heavy (non-hydrogen) atoms. The molecule has 0 unspecified atom stereocenters. The predicted molar refractivity (Wildman–Crippen MR) is 401 cm³/mol. The Morgan fingerprint density at radius 3 is 1.96 bits per heavy atom. The number of aliphatic hydroxyl groups is 3. The van der Waals surface area contributed by atoms with Crippen LogP contribution in [-0.4, -0.2) is 236 Å². The summed E-state index contributed by atoms with van der Waals surface area (Å²) in [6.07, 6.45) is -4.80. The van der Waals surface area contributed by atoms with E-state index in [-0.39, 0.29) is 50.8 Å². The van der Waals surface area contributed by atoms with E-state index >= 15 is 4.39 Å². The largest absolute Gasteiger partial charge is 0.497 e. The first kappa shape index (κ1) is 90.1.